The largest absolute Gasteiger partial charge is 0.326 e. The molecule has 0 spiro atoms. The van der Waals surface area contributed by atoms with E-state index in [-0.39, 0.29) is 5.91 Å². The lowest BCUT2D eigenvalue weighted by molar-refractivity contribution is -0.118. The predicted molar refractivity (Wildman–Crippen MR) is 44.9 cm³/mol. The molecule has 2 heteroatoms. The van der Waals surface area contributed by atoms with E-state index in [4.69, 9.17) is 0 Å². The fourth-order valence-corrected chi connectivity index (χ4v) is 1.12. The summed E-state index contributed by atoms with van der Waals surface area (Å²) in [6.07, 6.45) is 6.21. The minimum absolute atomic E-state index is 0.00546. The highest BCUT2D eigenvalue weighted by molar-refractivity contribution is 5.75. The van der Waals surface area contributed by atoms with Crippen molar-refractivity contribution in [1.82, 2.24) is 5.32 Å². The second kappa shape index (κ2) is 3.37. The van der Waals surface area contributed by atoms with Crippen molar-refractivity contribution in [2.24, 2.45) is 0 Å². The Morgan fingerprint density at radius 1 is 1.64 bits per heavy atom. The maximum absolute atomic E-state index is 10.7. The lowest BCUT2D eigenvalue weighted by atomic mass is 10.0. The molecule has 0 aromatic carbocycles. The molecular formula is C9H13NO. The summed E-state index contributed by atoms with van der Waals surface area (Å²) in [5, 5.41) is 2.79. The van der Waals surface area contributed by atoms with Crippen molar-refractivity contribution in [2.75, 3.05) is 0 Å². The monoisotopic (exact) mass is 151 g/mol. The first-order valence-corrected chi connectivity index (χ1v) is 3.84. The first-order chi connectivity index (χ1) is 5.20. The second-order valence-electron chi connectivity index (χ2n) is 2.82. The molecule has 0 radical (unpaired) electrons. The van der Waals surface area contributed by atoms with Gasteiger partial charge in [0, 0.05) is 12.6 Å². The quantitative estimate of drug-likeness (QED) is 0.607. The lowest BCUT2D eigenvalue weighted by Crippen LogP contribution is -2.20. The van der Waals surface area contributed by atoms with Gasteiger partial charge < -0.3 is 5.32 Å². The Hall–Kier alpha value is -1.05. The van der Waals surface area contributed by atoms with Gasteiger partial charge in [-0.05, 0) is 31.4 Å². The van der Waals surface area contributed by atoms with E-state index in [2.05, 4.69) is 18.3 Å². The second-order valence-corrected chi connectivity index (χ2v) is 2.82. The van der Waals surface area contributed by atoms with Crippen molar-refractivity contribution in [2.45, 2.75) is 26.7 Å². The van der Waals surface area contributed by atoms with Gasteiger partial charge in [0.25, 0.3) is 0 Å². The Kier molecular flexibility index (Phi) is 2.47. The van der Waals surface area contributed by atoms with Crippen LogP contribution in [0.4, 0.5) is 0 Å². The average molecular weight is 151 g/mol. The molecule has 1 aliphatic carbocycles. The lowest BCUT2D eigenvalue weighted by Gasteiger charge is -2.11. The maximum atomic E-state index is 10.7. The summed E-state index contributed by atoms with van der Waals surface area (Å²) in [5.74, 6) is 0.00546. The van der Waals surface area contributed by atoms with E-state index in [1.807, 2.05) is 6.08 Å². The fourth-order valence-electron chi connectivity index (χ4n) is 1.12. The van der Waals surface area contributed by atoms with Crippen molar-refractivity contribution in [3.8, 4) is 0 Å². The van der Waals surface area contributed by atoms with E-state index < -0.39 is 0 Å². The van der Waals surface area contributed by atoms with Crippen molar-refractivity contribution in [3.63, 3.8) is 0 Å². The van der Waals surface area contributed by atoms with Crippen LogP contribution in [-0.2, 0) is 4.79 Å². The van der Waals surface area contributed by atoms with Crippen LogP contribution in [-0.4, -0.2) is 5.91 Å². The number of hydrogen-bond acceptors (Lipinski definition) is 1. The summed E-state index contributed by atoms with van der Waals surface area (Å²) in [6.45, 7) is 3.58. The van der Waals surface area contributed by atoms with E-state index in [1.165, 1.54) is 12.5 Å². The molecule has 1 aliphatic rings. The highest BCUT2D eigenvalue weighted by Crippen LogP contribution is 2.15. The normalized spacial score (nSPS) is 16.9. The Morgan fingerprint density at radius 3 is 2.91 bits per heavy atom. The minimum atomic E-state index is 0.00546. The summed E-state index contributed by atoms with van der Waals surface area (Å²) in [6, 6.07) is 0. The van der Waals surface area contributed by atoms with Gasteiger partial charge in [-0.25, -0.2) is 0 Å². The van der Waals surface area contributed by atoms with Gasteiger partial charge in [-0.1, -0.05) is 6.08 Å². The van der Waals surface area contributed by atoms with Gasteiger partial charge in [0.05, 0.1) is 0 Å². The third kappa shape index (κ3) is 2.22. The Balaban J connectivity index is 2.68. The van der Waals surface area contributed by atoms with Crippen LogP contribution in [0, 0.1) is 0 Å². The smallest absolute Gasteiger partial charge is 0.221 e. The molecule has 0 atom stereocenters. The van der Waals surface area contributed by atoms with E-state index in [9.17, 15) is 4.79 Å². The van der Waals surface area contributed by atoms with Gasteiger partial charge in [-0.3, -0.25) is 4.79 Å². The molecule has 0 saturated heterocycles. The number of amides is 1. The molecule has 0 aromatic heterocycles. The summed E-state index contributed by atoms with van der Waals surface area (Å²) in [4.78, 5) is 10.7. The van der Waals surface area contributed by atoms with Crippen LogP contribution in [0.1, 0.15) is 26.7 Å². The molecule has 1 N–H and O–H groups in total. The molecule has 1 rings (SSSR count). The summed E-state index contributed by atoms with van der Waals surface area (Å²) in [7, 11) is 0. The molecule has 0 bridgehead atoms. The van der Waals surface area contributed by atoms with Gasteiger partial charge in [-0.2, -0.15) is 0 Å². The van der Waals surface area contributed by atoms with Crippen molar-refractivity contribution in [1.29, 1.82) is 0 Å². The third-order valence-electron chi connectivity index (χ3n) is 1.74. The van der Waals surface area contributed by atoms with Crippen LogP contribution in [0.15, 0.2) is 23.4 Å². The van der Waals surface area contributed by atoms with Gasteiger partial charge in [0.1, 0.15) is 0 Å². The molecule has 11 heavy (non-hydrogen) atoms. The molecule has 0 fully saturated rings. The standard InChI is InChI=1S/C9H13NO/c1-7-5-3-4-6-9(7)10-8(2)11/h4,6H,3,5H2,1-2H3,(H,10,11). The highest BCUT2D eigenvalue weighted by Gasteiger charge is 2.03. The molecule has 60 valence electrons. The minimum Gasteiger partial charge on any atom is -0.326 e. The number of nitrogens with one attached hydrogen (secondary N) is 1. The predicted octanol–water partition coefficient (Wildman–Crippen LogP) is 1.75. The van der Waals surface area contributed by atoms with Crippen molar-refractivity contribution >= 4 is 5.91 Å². The molecule has 0 saturated carbocycles. The Bertz CT molecular complexity index is 226. The summed E-state index contributed by atoms with van der Waals surface area (Å²) < 4.78 is 0. The van der Waals surface area contributed by atoms with Gasteiger partial charge in [-0.15, -0.1) is 0 Å². The zero-order chi connectivity index (χ0) is 8.27. The maximum Gasteiger partial charge on any atom is 0.221 e. The van der Waals surface area contributed by atoms with E-state index in [0.29, 0.717) is 0 Å². The Labute approximate surface area is 67.0 Å². The van der Waals surface area contributed by atoms with Crippen LogP contribution < -0.4 is 5.32 Å². The zero-order valence-corrected chi connectivity index (χ0v) is 6.98. The van der Waals surface area contributed by atoms with Crippen molar-refractivity contribution < 1.29 is 4.79 Å². The molecule has 2 nitrogen and oxygen atoms in total. The van der Waals surface area contributed by atoms with Gasteiger partial charge in [0.15, 0.2) is 0 Å². The summed E-state index contributed by atoms with van der Waals surface area (Å²) >= 11 is 0. The molecule has 1 amide bonds. The number of carbonyl (C=O) groups is 1. The zero-order valence-electron chi connectivity index (χ0n) is 6.98. The van der Waals surface area contributed by atoms with E-state index in [1.54, 1.807) is 0 Å². The average Bonchev–Trinajstić information content (AvgIpc) is 1.93. The molecular weight excluding hydrogens is 138 g/mol. The van der Waals surface area contributed by atoms with E-state index in [0.717, 1.165) is 18.5 Å². The molecule has 0 aliphatic heterocycles. The molecule has 0 heterocycles. The number of allylic oxidation sites excluding steroid dienone is 3. The Morgan fingerprint density at radius 2 is 2.36 bits per heavy atom. The van der Waals surface area contributed by atoms with Gasteiger partial charge >= 0.3 is 0 Å². The molecule has 0 unspecified atom stereocenters. The molecule has 0 aromatic rings. The van der Waals surface area contributed by atoms with Crippen molar-refractivity contribution in [3.05, 3.63) is 23.4 Å². The van der Waals surface area contributed by atoms with E-state index >= 15 is 0 Å². The van der Waals surface area contributed by atoms with Gasteiger partial charge in [0.2, 0.25) is 5.91 Å². The van der Waals surface area contributed by atoms with Crippen LogP contribution in [0.2, 0.25) is 0 Å². The highest BCUT2D eigenvalue weighted by atomic mass is 16.1. The topological polar surface area (TPSA) is 29.1 Å². The first kappa shape index (κ1) is 8.05. The van der Waals surface area contributed by atoms with Crippen LogP contribution in [0.5, 0.6) is 0 Å². The number of carbonyl (C=O) groups excluding carboxylic acids is 1. The SMILES string of the molecule is CC(=O)NC1=C(C)CCC=C1. The fraction of sp³-hybridized carbons (Fsp3) is 0.444. The van der Waals surface area contributed by atoms with Crippen LogP contribution >= 0.6 is 0 Å². The summed E-state index contributed by atoms with van der Waals surface area (Å²) in [5.41, 5.74) is 2.24. The number of hydrogen-bond donors (Lipinski definition) is 1. The van der Waals surface area contributed by atoms with Crippen LogP contribution in [0.3, 0.4) is 0 Å². The van der Waals surface area contributed by atoms with Crippen LogP contribution in [0.25, 0.3) is 0 Å². The number of rotatable bonds is 1. The third-order valence-corrected chi connectivity index (χ3v) is 1.74. The first-order valence-electron chi connectivity index (χ1n) is 3.84.